The molecule has 1 aliphatic heterocycles. The van der Waals surface area contributed by atoms with Crippen LogP contribution in [0.1, 0.15) is 15.9 Å². The minimum Gasteiger partial charge on any atom is -0.354 e. The van der Waals surface area contributed by atoms with E-state index in [-0.39, 0.29) is 11.5 Å². The molecule has 0 radical (unpaired) electrons. The van der Waals surface area contributed by atoms with Gasteiger partial charge in [-0.3, -0.25) is 4.79 Å². The Morgan fingerprint density at radius 2 is 2.00 bits per heavy atom. The molecule has 0 aliphatic carbocycles. The average molecular weight is 407 g/mol. The second-order valence-electron chi connectivity index (χ2n) is 6.12. The van der Waals surface area contributed by atoms with Crippen LogP contribution in [-0.4, -0.2) is 49.0 Å². The Bertz CT molecular complexity index is 745. The fraction of sp³-hybridized carbons (Fsp3) is 0.333. The normalized spacial score (nSPS) is 15.2. The molecule has 1 N–H and O–H groups in total. The molecule has 0 saturated carbocycles. The first-order valence-corrected chi connectivity index (χ1v) is 8.94. The van der Waals surface area contributed by atoms with E-state index in [0.29, 0.717) is 11.0 Å². The monoisotopic (exact) mass is 406 g/mol. The predicted octanol–water partition coefficient (Wildman–Crippen LogP) is 2.67. The zero-order valence-corrected chi connectivity index (χ0v) is 15.6. The van der Waals surface area contributed by atoms with Crippen molar-refractivity contribution in [2.75, 3.05) is 38.1 Å². The number of hydrogen-bond acceptors (Lipinski definition) is 4. The quantitative estimate of drug-likeness (QED) is 0.847. The van der Waals surface area contributed by atoms with Crippen LogP contribution in [0.4, 0.5) is 10.2 Å². The van der Waals surface area contributed by atoms with Crippen molar-refractivity contribution in [3.63, 3.8) is 0 Å². The number of rotatable bonds is 4. The van der Waals surface area contributed by atoms with Crippen LogP contribution in [0.5, 0.6) is 0 Å². The minimum atomic E-state index is -0.438. The van der Waals surface area contributed by atoms with Gasteiger partial charge in [0.05, 0.1) is 5.56 Å². The third-order valence-electron chi connectivity index (χ3n) is 4.26. The van der Waals surface area contributed by atoms with E-state index in [1.807, 2.05) is 12.1 Å². The van der Waals surface area contributed by atoms with Gasteiger partial charge in [0.15, 0.2) is 0 Å². The lowest BCUT2D eigenvalue weighted by Gasteiger charge is -2.33. The number of aromatic nitrogens is 1. The van der Waals surface area contributed by atoms with Crippen LogP contribution < -0.4 is 10.2 Å². The number of likely N-dealkylation sites (N-methyl/N-ethyl adjacent to an activating group) is 1. The van der Waals surface area contributed by atoms with Gasteiger partial charge in [0.1, 0.15) is 11.6 Å². The summed E-state index contributed by atoms with van der Waals surface area (Å²) in [6, 6.07) is 7.99. The van der Waals surface area contributed by atoms with E-state index in [1.165, 1.54) is 18.2 Å². The Hall–Kier alpha value is -1.99. The molecule has 1 fully saturated rings. The van der Waals surface area contributed by atoms with Crippen LogP contribution in [0, 0.1) is 5.82 Å². The lowest BCUT2D eigenvalue weighted by Crippen LogP contribution is -2.44. The lowest BCUT2D eigenvalue weighted by molar-refractivity contribution is 0.0949. The maximum Gasteiger partial charge on any atom is 0.252 e. The summed E-state index contributed by atoms with van der Waals surface area (Å²) in [4.78, 5) is 21.2. The van der Waals surface area contributed by atoms with Crippen LogP contribution in [0.3, 0.4) is 0 Å². The van der Waals surface area contributed by atoms with Crippen LogP contribution in [0.25, 0.3) is 0 Å². The standard InChI is InChI=1S/C18H20BrFN4O/c1-23-6-8-24(9-7-23)17-5-2-13(11-21-17)12-22-18(25)15-10-14(20)3-4-16(15)19/h2-5,10-11H,6-9,12H2,1H3,(H,22,25). The van der Waals surface area contributed by atoms with Gasteiger partial charge in [-0.2, -0.15) is 0 Å². The summed E-state index contributed by atoms with van der Waals surface area (Å²) in [6.07, 6.45) is 1.77. The molecule has 2 aromatic rings. The Morgan fingerprint density at radius 3 is 2.68 bits per heavy atom. The largest absolute Gasteiger partial charge is 0.354 e. The number of halogens is 2. The number of nitrogens with zero attached hydrogens (tertiary/aromatic N) is 3. The van der Waals surface area contributed by atoms with Crippen molar-refractivity contribution in [3.8, 4) is 0 Å². The highest BCUT2D eigenvalue weighted by atomic mass is 79.9. The topological polar surface area (TPSA) is 48.5 Å². The number of benzene rings is 1. The molecule has 1 aromatic carbocycles. The van der Waals surface area contributed by atoms with E-state index in [2.05, 4.69) is 43.1 Å². The number of nitrogens with one attached hydrogen (secondary N) is 1. The van der Waals surface area contributed by atoms with Crippen molar-refractivity contribution in [2.45, 2.75) is 6.54 Å². The second kappa shape index (κ2) is 7.93. The van der Waals surface area contributed by atoms with Gasteiger partial charge in [0.25, 0.3) is 5.91 Å². The van der Waals surface area contributed by atoms with Crippen LogP contribution in [0.15, 0.2) is 41.0 Å². The zero-order chi connectivity index (χ0) is 17.8. The van der Waals surface area contributed by atoms with Crippen LogP contribution in [0.2, 0.25) is 0 Å². The van der Waals surface area contributed by atoms with Crippen molar-refractivity contribution in [1.82, 2.24) is 15.2 Å². The molecule has 132 valence electrons. The predicted molar refractivity (Wildman–Crippen MR) is 99.2 cm³/mol. The fourth-order valence-corrected chi connectivity index (χ4v) is 3.12. The zero-order valence-electron chi connectivity index (χ0n) is 14.0. The third-order valence-corrected chi connectivity index (χ3v) is 4.95. The molecule has 25 heavy (non-hydrogen) atoms. The first-order chi connectivity index (χ1) is 12.0. The van der Waals surface area contributed by atoms with Crippen molar-refractivity contribution >= 4 is 27.7 Å². The summed E-state index contributed by atoms with van der Waals surface area (Å²) in [5.74, 6) is 0.192. The molecule has 2 heterocycles. The molecule has 0 bridgehead atoms. The van der Waals surface area contributed by atoms with E-state index in [0.717, 1.165) is 37.6 Å². The van der Waals surface area contributed by atoms with Gasteiger partial charge in [-0.05, 0) is 52.8 Å². The first-order valence-electron chi connectivity index (χ1n) is 8.14. The number of hydrogen-bond donors (Lipinski definition) is 1. The minimum absolute atomic E-state index is 0.280. The Kier molecular flexibility index (Phi) is 5.65. The highest BCUT2D eigenvalue weighted by Crippen LogP contribution is 2.18. The SMILES string of the molecule is CN1CCN(c2ccc(CNC(=O)c3cc(F)ccc3Br)cn2)CC1. The highest BCUT2D eigenvalue weighted by Gasteiger charge is 2.15. The molecular weight excluding hydrogens is 387 g/mol. The number of pyridine rings is 1. The van der Waals surface area contributed by atoms with Crippen molar-refractivity contribution in [1.29, 1.82) is 0 Å². The Labute approximate surface area is 155 Å². The second-order valence-corrected chi connectivity index (χ2v) is 6.98. The van der Waals surface area contributed by atoms with Gasteiger partial charge in [0, 0.05) is 43.4 Å². The summed E-state index contributed by atoms with van der Waals surface area (Å²) >= 11 is 3.27. The maximum absolute atomic E-state index is 13.3. The van der Waals surface area contributed by atoms with E-state index >= 15 is 0 Å². The summed E-state index contributed by atoms with van der Waals surface area (Å²) in [5.41, 5.74) is 1.18. The molecule has 1 aromatic heterocycles. The average Bonchev–Trinajstić information content (AvgIpc) is 2.63. The summed E-state index contributed by atoms with van der Waals surface area (Å²) in [7, 11) is 2.12. The molecular formula is C18H20BrFN4O. The first kappa shape index (κ1) is 17.8. The fourth-order valence-electron chi connectivity index (χ4n) is 2.69. The molecule has 5 nitrogen and oxygen atoms in total. The number of amides is 1. The Balaban J connectivity index is 1.58. The van der Waals surface area contributed by atoms with Gasteiger partial charge in [-0.25, -0.2) is 9.37 Å². The highest BCUT2D eigenvalue weighted by molar-refractivity contribution is 9.10. The Morgan fingerprint density at radius 1 is 1.24 bits per heavy atom. The van der Waals surface area contributed by atoms with Crippen LogP contribution >= 0.6 is 15.9 Å². The summed E-state index contributed by atoms with van der Waals surface area (Å²) in [6.45, 7) is 4.34. The molecule has 0 unspecified atom stereocenters. The van der Waals surface area contributed by atoms with Crippen molar-refractivity contribution < 1.29 is 9.18 Å². The van der Waals surface area contributed by atoms with Gasteiger partial charge in [0.2, 0.25) is 0 Å². The smallest absolute Gasteiger partial charge is 0.252 e. The van der Waals surface area contributed by atoms with Crippen LogP contribution in [-0.2, 0) is 6.54 Å². The van der Waals surface area contributed by atoms with Gasteiger partial charge in [-0.15, -0.1) is 0 Å². The van der Waals surface area contributed by atoms with Gasteiger partial charge in [-0.1, -0.05) is 6.07 Å². The van der Waals surface area contributed by atoms with E-state index in [1.54, 1.807) is 6.20 Å². The van der Waals surface area contributed by atoms with Crippen molar-refractivity contribution in [3.05, 3.63) is 57.9 Å². The van der Waals surface area contributed by atoms with Gasteiger partial charge >= 0.3 is 0 Å². The van der Waals surface area contributed by atoms with E-state index < -0.39 is 5.82 Å². The molecule has 0 atom stereocenters. The van der Waals surface area contributed by atoms with Gasteiger partial charge < -0.3 is 15.1 Å². The molecule has 3 rings (SSSR count). The lowest BCUT2D eigenvalue weighted by atomic mass is 10.2. The third kappa shape index (κ3) is 4.55. The molecule has 1 amide bonds. The van der Waals surface area contributed by atoms with E-state index in [9.17, 15) is 9.18 Å². The molecule has 7 heteroatoms. The molecule has 1 saturated heterocycles. The summed E-state index contributed by atoms with van der Waals surface area (Å²) in [5, 5.41) is 2.79. The molecule has 1 aliphatic rings. The summed E-state index contributed by atoms with van der Waals surface area (Å²) < 4.78 is 13.9. The number of piperazine rings is 1. The molecule has 0 spiro atoms. The maximum atomic E-state index is 13.3. The van der Waals surface area contributed by atoms with Crippen molar-refractivity contribution in [2.24, 2.45) is 0 Å². The number of carbonyl (C=O) groups is 1. The van der Waals surface area contributed by atoms with E-state index in [4.69, 9.17) is 0 Å². The number of anilines is 1. The number of carbonyl (C=O) groups excluding carboxylic acids is 1.